The summed E-state index contributed by atoms with van der Waals surface area (Å²) in [5.74, 6) is 1.67. The first kappa shape index (κ1) is 20.9. The Bertz CT molecular complexity index is 1010. The van der Waals surface area contributed by atoms with Gasteiger partial charge in [-0.15, -0.1) is 0 Å². The van der Waals surface area contributed by atoms with Crippen LogP contribution in [0.2, 0.25) is 0 Å². The lowest BCUT2D eigenvalue weighted by atomic mass is 9.93. The molecule has 0 saturated carbocycles. The molecule has 2 aromatic carbocycles. The molecular weight excluding hydrogens is 446 g/mol. The van der Waals surface area contributed by atoms with E-state index in [0.717, 1.165) is 64.8 Å². The Labute approximate surface area is 185 Å². The van der Waals surface area contributed by atoms with E-state index in [-0.39, 0.29) is 0 Å². The molecule has 2 aromatic rings. The van der Waals surface area contributed by atoms with Gasteiger partial charge in [-0.1, -0.05) is 22.0 Å². The van der Waals surface area contributed by atoms with E-state index in [9.17, 15) is 9.90 Å². The summed E-state index contributed by atoms with van der Waals surface area (Å²) >= 11 is 3.58. The molecule has 0 radical (unpaired) electrons. The maximum Gasteiger partial charge on any atom is 0.310 e. The van der Waals surface area contributed by atoms with E-state index in [2.05, 4.69) is 25.7 Å². The van der Waals surface area contributed by atoms with Crippen LogP contribution in [0.1, 0.15) is 25.0 Å². The van der Waals surface area contributed by atoms with Crippen molar-refractivity contribution in [3.8, 4) is 11.5 Å². The van der Waals surface area contributed by atoms with Crippen LogP contribution >= 0.6 is 15.9 Å². The second-order valence-corrected chi connectivity index (χ2v) is 9.52. The molecule has 7 heteroatoms. The number of nitrogens with zero attached hydrogens (tertiary/aromatic N) is 3. The van der Waals surface area contributed by atoms with Gasteiger partial charge in [-0.05, 0) is 56.7 Å². The summed E-state index contributed by atoms with van der Waals surface area (Å²) in [7, 11) is 0. The first-order valence-electron chi connectivity index (χ1n) is 10.1. The highest BCUT2D eigenvalue weighted by Gasteiger charge is 2.32. The van der Waals surface area contributed by atoms with Crippen molar-refractivity contribution in [3.05, 3.63) is 52.0 Å². The number of piperazine rings is 1. The molecule has 1 saturated heterocycles. The van der Waals surface area contributed by atoms with Crippen LogP contribution in [0.15, 0.2) is 45.9 Å². The second-order valence-electron chi connectivity index (χ2n) is 8.60. The molecule has 4 rings (SSSR count). The van der Waals surface area contributed by atoms with Crippen molar-refractivity contribution in [3.63, 3.8) is 0 Å². The fourth-order valence-electron chi connectivity index (χ4n) is 3.85. The van der Waals surface area contributed by atoms with Crippen LogP contribution in [0.4, 0.5) is 5.69 Å². The van der Waals surface area contributed by atoms with E-state index in [1.807, 2.05) is 43.3 Å². The summed E-state index contributed by atoms with van der Waals surface area (Å²) < 4.78 is 7.18. The normalized spacial score (nSPS) is 16.8. The van der Waals surface area contributed by atoms with Gasteiger partial charge in [0.1, 0.15) is 17.3 Å². The van der Waals surface area contributed by atoms with Crippen LogP contribution in [0.5, 0.6) is 11.5 Å². The number of hydrogen-bond donors (Lipinski definition) is 1. The van der Waals surface area contributed by atoms with E-state index in [4.69, 9.17) is 9.73 Å². The molecule has 1 N–H and O–H groups in total. The maximum atomic E-state index is 11.5. The molecule has 1 fully saturated rings. The van der Waals surface area contributed by atoms with Crippen molar-refractivity contribution in [2.45, 2.75) is 20.8 Å². The molecule has 0 aliphatic carbocycles. The molecule has 0 spiro atoms. The third kappa shape index (κ3) is 4.23. The summed E-state index contributed by atoms with van der Waals surface area (Å²) in [6.45, 7) is 9.29. The van der Waals surface area contributed by atoms with E-state index in [1.54, 1.807) is 13.8 Å². The van der Waals surface area contributed by atoms with Crippen molar-refractivity contribution in [1.29, 1.82) is 0 Å². The van der Waals surface area contributed by atoms with Gasteiger partial charge in [0.2, 0.25) is 0 Å². The Morgan fingerprint density at radius 3 is 2.53 bits per heavy atom. The van der Waals surface area contributed by atoms with Gasteiger partial charge in [0.15, 0.2) is 5.75 Å². The van der Waals surface area contributed by atoms with Crippen LogP contribution < -0.4 is 4.74 Å². The number of rotatable bonds is 3. The number of benzene rings is 2. The lowest BCUT2D eigenvalue weighted by molar-refractivity contribution is -0.148. The van der Waals surface area contributed by atoms with Crippen LogP contribution in [-0.4, -0.2) is 59.4 Å². The molecule has 2 heterocycles. The van der Waals surface area contributed by atoms with Crippen LogP contribution in [-0.2, 0) is 4.79 Å². The van der Waals surface area contributed by atoms with Crippen molar-refractivity contribution >= 4 is 33.4 Å². The number of aryl methyl sites for hydroxylation is 1. The minimum atomic E-state index is -0.763. The zero-order valence-electron chi connectivity index (χ0n) is 17.5. The predicted octanol–water partition coefficient (Wildman–Crippen LogP) is 4.67. The number of amidine groups is 1. The Morgan fingerprint density at radius 1 is 1.13 bits per heavy atom. The summed E-state index contributed by atoms with van der Waals surface area (Å²) in [6, 6.07) is 12.0. The van der Waals surface area contributed by atoms with E-state index in [0.29, 0.717) is 6.54 Å². The fraction of sp³-hybridized carbons (Fsp3) is 0.391. The molecular formula is C23H26BrN3O3. The predicted molar refractivity (Wildman–Crippen MR) is 121 cm³/mol. The highest BCUT2D eigenvalue weighted by Crippen LogP contribution is 2.39. The number of aliphatic carboxylic acids is 1. The molecule has 2 aliphatic rings. The van der Waals surface area contributed by atoms with Gasteiger partial charge in [0, 0.05) is 37.2 Å². The summed E-state index contributed by atoms with van der Waals surface area (Å²) in [5.41, 5.74) is 2.15. The number of carbonyl (C=O) groups is 1. The number of carboxylic acid groups (broad SMARTS) is 1. The molecule has 0 bridgehead atoms. The van der Waals surface area contributed by atoms with Gasteiger partial charge in [-0.2, -0.15) is 0 Å². The summed E-state index contributed by atoms with van der Waals surface area (Å²) in [5, 5.41) is 9.44. The minimum absolute atomic E-state index is 0.538. The zero-order chi connectivity index (χ0) is 21.5. The zero-order valence-corrected chi connectivity index (χ0v) is 19.1. The van der Waals surface area contributed by atoms with Crippen molar-refractivity contribution in [2.24, 2.45) is 10.4 Å². The number of hydrogen-bond acceptors (Lipinski definition) is 5. The Hall–Kier alpha value is -2.38. The van der Waals surface area contributed by atoms with E-state index >= 15 is 0 Å². The van der Waals surface area contributed by atoms with E-state index in [1.165, 1.54) is 0 Å². The third-order valence-electron chi connectivity index (χ3n) is 5.61. The molecule has 0 amide bonds. The molecule has 2 aliphatic heterocycles. The Balaban J connectivity index is 1.63. The minimum Gasteiger partial charge on any atom is -0.481 e. The van der Waals surface area contributed by atoms with Gasteiger partial charge in [-0.25, -0.2) is 4.99 Å². The van der Waals surface area contributed by atoms with Crippen molar-refractivity contribution in [1.82, 2.24) is 9.80 Å². The average Bonchev–Trinajstić information content (AvgIpc) is 2.84. The summed E-state index contributed by atoms with van der Waals surface area (Å²) in [4.78, 5) is 21.0. The first-order chi connectivity index (χ1) is 14.2. The number of carboxylic acids is 1. The number of halogens is 1. The first-order valence-corrected chi connectivity index (χ1v) is 10.9. The Kier molecular flexibility index (Phi) is 5.59. The highest BCUT2D eigenvalue weighted by atomic mass is 79.9. The molecule has 30 heavy (non-hydrogen) atoms. The van der Waals surface area contributed by atoms with E-state index < -0.39 is 11.4 Å². The molecule has 158 valence electrons. The fourth-order valence-corrected chi connectivity index (χ4v) is 4.21. The lowest BCUT2D eigenvalue weighted by Gasteiger charge is -2.39. The molecule has 0 unspecified atom stereocenters. The molecule has 0 aromatic heterocycles. The molecule has 0 atom stereocenters. The van der Waals surface area contributed by atoms with Crippen LogP contribution in [0.3, 0.4) is 0 Å². The molecule has 6 nitrogen and oxygen atoms in total. The third-order valence-corrected chi connectivity index (χ3v) is 6.11. The SMILES string of the molecule is Cc1ccc2c(c1)N=C(N1CCN(CC(C)(C)C(=O)O)CC1)c1cc(Br)ccc1O2. The topological polar surface area (TPSA) is 65.4 Å². The van der Waals surface area contributed by atoms with Crippen LogP contribution in [0, 0.1) is 12.3 Å². The van der Waals surface area contributed by atoms with Gasteiger partial charge in [0.25, 0.3) is 0 Å². The lowest BCUT2D eigenvalue weighted by Crippen LogP contribution is -2.52. The van der Waals surface area contributed by atoms with Gasteiger partial charge in [-0.3, -0.25) is 9.69 Å². The van der Waals surface area contributed by atoms with Crippen molar-refractivity contribution < 1.29 is 14.6 Å². The van der Waals surface area contributed by atoms with Crippen LogP contribution in [0.25, 0.3) is 0 Å². The standard InChI is InChI=1S/C23H26BrN3O3/c1-15-4-6-20-18(12-15)25-21(17-13-16(24)5-7-19(17)30-20)27-10-8-26(9-11-27)14-23(2,3)22(28)29/h4-7,12-13H,8-11,14H2,1-3H3,(H,28,29). The average molecular weight is 472 g/mol. The Morgan fingerprint density at radius 2 is 1.83 bits per heavy atom. The monoisotopic (exact) mass is 471 g/mol. The quantitative estimate of drug-likeness (QED) is 0.704. The highest BCUT2D eigenvalue weighted by molar-refractivity contribution is 9.10. The van der Waals surface area contributed by atoms with Crippen molar-refractivity contribution in [2.75, 3.05) is 32.7 Å². The van der Waals surface area contributed by atoms with Gasteiger partial charge in [0.05, 0.1) is 11.0 Å². The van der Waals surface area contributed by atoms with Gasteiger partial charge < -0.3 is 14.7 Å². The number of fused-ring (bicyclic) bond motifs is 2. The largest absolute Gasteiger partial charge is 0.481 e. The maximum absolute atomic E-state index is 11.5. The smallest absolute Gasteiger partial charge is 0.310 e. The second kappa shape index (κ2) is 8.04. The van der Waals surface area contributed by atoms with Gasteiger partial charge >= 0.3 is 5.97 Å². The summed E-state index contributed by atoms with van der Waals surface area (Å²) in [6.07, 6.45) is 0. The number of aliphatic imine (C=N–C) groups is 1. The number of ether oxygens (including phenoxy) is 1.